The number of nitrogens with zero attached hydrogens (tertiary/aromatic N) is 4. The highest BCUT2D eigenvalue weighted by Gasteiger charge is 2.24. The first-order valence-electron chi connectivity index (χ1n) is 8.67. The highest BCUT2D eigenvalue weighted by Crippen LogP contribution is 2.27. The Morgan fingerprint density at radius 3 is 2.50 bits per heavy atom. The van der Waals surface area contributed by atoms with Gasteiger partial charge in [0, 0.05) is 43.8 Å². The Labute approximate surface area is 155 Å². The normalized spacial score (nSPS) is 21.1. The summed E-state index contributed by atoms with van der Waals surface area (Å²) in [5, 5.41) is 0. The molecule has 3 heterocycles. The molecule has 0 aliphatic carbocycles. The van der Waals surface area contributed by atoms with E-state index in [1.165, 1.54) is 6.07 Å². The van der Waals surface area contributed by atoms with Crippen molar-refractivity contribution in [3.05, 3.63) is 47.8 Å². The van der Waals surface area contributed by atoms with Gasteiger partial charge in [-0.1, -0.05) is 6.07 Å². The monoisotopic (exact) mass is 378 g/mol. The van der Waals surface area contributed by atoms with Crippen LogP contribution < -0.4 is 9.80 Å². The van der Waals surface area contributed by atoms with E-state index >= 15 is 0 Å². The molecule has 26 heavy (non-hydrogen) atoms. The van der Waals surface area contributed by atoms with E-state index in [9.17, 15) is 8.78 Å². The Hall–Kier alpha value is -1.93. The summed E-state index contributed by atoms with van der Waals surface area (Å²) in [5.74, 6) is 2.29. The van der Waals surface area contributed by atoms with E-state index in [0.717, 1.165) is 42.3 Å². The van der Waals surface area contributed by atoms with Crippen molar-refractivity contribution < 1.29 is 13.5 Å². The molecule has 2 aliphatic rings. The van der Waals surface area contributed by atoms with Crippen molar-refractivity contribution >= 4 is 23.4 Å². The van der Waals surface area contributed by atoms with Crippen LogP contribution in [0.2, 0.25) is 0 Å². The first-order valence-corrected chi connectivity index (χ1v) is 9.82. The molecule has 0 N–H and O–H groups in total. The predicted octanol–water partition coefficient (Wildman–Crippen LogP) is 2.89. The van der Waals surface area contributed by atoms with E-state index < -0.39 is 11.6 Å². The minimum absolute atomic E-state index is 0.316. The van der Waals surface area contributed by atoms with Crippen molar-refractivity contribution in [1.82, 2.24) is 9.97 Å². The van der Waals surface area contributed by atoms with Crippen LogP contribution in [0.5, 0.6) is 0 Å². The van der Waals surface area contributed by atoms with Crippen LogP contribution in [0.1, 0.15) is 11.7 Å². The summed E-state index contributed by atoms with van der Waals surface area (Å²) in [4.78, 5) is 13.2. The highest BCUT2D eigenvalue weighted by molar-refractivity contribution is 7.99. The van der Waals surface area contributed by atoms with Crippen LogP contribution in [0.4, 0.5) is 20.4 Å². The molecular formula is C18H20F2N4OS. The smallest absolute Gasteiger partial charge is 0.159 e. The predicted molar refractivity (Wildman–Crippen MR) is 98.8 cm³/mol. The van der Waals surface area contributed by atoms with Gasteiger partial charge in [-0.15, -0.1) is 0 Å². The van der Waals surface area contributed by atoms with Crippen molar-refractivity contribution in [1.29, 1.82) is 0 Å². The second-order valence-electron chi connectivity index (χ2n) is 6.31. The van der Waals surface area contributed by atoms with Crippen LogP contribution >= 0.6 is 11.8 Å². The number of thioether (sulfide) groups is 1. The molecular weight excluding hydrogens is 358 g/mol. The first-order chi connectivity index (χ1) is 12.7. The minimum atomic E-state index is -0.851. The Kier molecular flexibility index (Phi) is 5.21. The number of anilines is 2. The lowest BCUT2D eigenvalue weighted by molar-refractivity contribution is 0.0392. The molecule has 1 aromatic carbocycles. The number of ether oxygens (including phenoxy) is 1. The molecule has 1 atom stereocenters. The van der Waals surface area contributed by atoms with E-state index in [1.807, 2.05) is 17.8 Å². The average molecular weight is 378 g/mol. The molecule has 0 radical (unpaired) electrons. The molecule has 0 spiro atoms. The Morgan fingerprint density at radius 2 is 1.73 bits per heavy atom. The molecule has 0 saturated carbocycles. The third kappa shape index (κ3) is 3.76. The third-order valence-corrected chi connectivity index (χ3v) is 5.62. The number of benzene rings is 1. The van der Waals surface area contributed by atoms with Crippen molar-refractivity contribution in [2.75, 3.05) is 54.1 Å². The molecule has 138 valence electrons. The van der Waals surface area contributed by atoms with Gasteiger partial charge in [-0.2, -0.15) is 11.8 Å². The molecule has 2 aromatic rings. The van der Waals surface area contributed by atoms with E-state index in [0.29, 0.717) is 25.3 Å². The SMILES string of the molecule is Fc1ccc(C2CN(c3cc(N4CCSCC4)ncn3)CCO2)cc1F. The van der Waals surface area contributed by atoms with Crippen molar-refractivity contribution in [3.63, 3.8) is 0 Å². The fourth-order valence-corrected chi connectivity index (χ4v) is 4.15. The summed E-state index contributed by atoms with van der Waals surface area (Å²) in [6, 6.07) is 5.93. The number of morpholine rings is 1. The van der Waals surface area contributed by atoms with Gasteiger partial charge < -0.3 is 14.5 Å². The van der Waals surface area contributed by atoms with Gasteiger partial charge in [0.1, 0.15) is 24.1 Å². The molecule has 1 unspecified atom stereocenters. The van der Waals surface area contributed by atoms with E-state index in [-0.39, 0.29) is 6.10 Å². The maximum Gasteiger partial charge on any atom is 0.159 e. The Balaban J connectivity index is 1.51. The van der Waals surface area contributed by atoms with Crippen LogP contribution in [0, 0.1) is 11.6 Å². The molecule has 0 bridgehead atoms. The number of hydrogen-bond donors (Lipinski definition) is 0. The summed E-state index contributed by atoms with van der Waals surface area (Å²) in [6.07, 6.45) is 1.28. The van der Waals surface area contributed by atoms with Gasteiger partial charge in [0.2, 0.25) is 0 Å². The molecule has 2 aliphatic heterocycles. The second-order valence-corrected chi connectivity index (χ2v) is 7.54. The van der Waals surface area contributed by atoms with Gasteiger partial charge in [-0.25, -0.2) is 18.7 Å². The lowest BCUT2D eigenvalue weighted by atomic mass is 10.1. The summed E-state index contributed by atoms with van der Waals surface area (Å²) >= 11 is 1.96. The van der Waals surface area contributed by atoms with Crippen molar-refractivity contribution in [2.45, 2.75) is 6.10 Å². The van der Waals surface area contributed by atoms with Crippen molar-refractivity contribution in [3.8, 4) is 0 Å². The number of hydrogen-bond acceptors (Lipinski definition) is 6. The second kappa shape index (κ2) is 7.75. The van der Waals surface area contributed by atoms with Crippen LogP contribution in [0.25, 0.3) is 0 Å². The fraction of sp³-hybridized carbons (Fsp3) is 0.444. The van der Waals surface area contributed by atoms with Gasteiger partial charge in [0.15, 0.2) is 11.6 Å². The van der Waals surface area contributed by atoms with Crippen LogP contribution in [-0.4, -0.2) is 54.3 Å². The van der Waals surface area contributed by atoms with E-state index in [2.05, 4.69) is 19.8 Å². The molecule has 1 aromatic heterocycles. The number of aromatic nitrogens is 2. The zero-order valence-corrected chi connectivity index (χ0v) is 15.1. The van der Waals surface area contributed by atoms with E-state index in [4.69, 9.17) is 4.74 Å². The standard InChI is InChI=1S/C18H20F2N4OS/c19-14-2-1-13(9-15(14)20)16-11-24(3-6-25-16)18-10-17(21-12-22-18)23-4-7-26-8-5-23/h1-2,9-10,12,16H,3-8,11H2. The third-order valence-electron chi connectivity index (χ3n) is 4.68. The lowest BCUT2D eigenvalue weighted by Gasteiger charge is -2.34. The van der Waals surface area contributed by atoms with Gasteiger partial charge in [0.05, 0.1) is 6.61 Å². The maximum absolute atomic E-state index is 13.5. The van der Waals surface area contributed by atoms with Gasteiger partial charge >= 0.3 is 0 Å². The first kappa shape index (κ1) is 17.5. The summed E-state index contributed by atoms with van der Waals surface area (Å²) in [6.45, 7) is 3.72. The molecule has 2 saturated heterocycles. The Bertz CT molecular complexity index is 773. The molecule has 5 nitrogen and oxygen atoms in total. The topological polar surface area (TPSA) is 41.5 Å². The fourth-order valence-electron chi connectivity index (χ4n) is 3.25. The number of halogens is 2. The summed E-state index contributed by atoms with van der Waals surface area (Å²) < 4.78 is 32.5. The van der Waals surface area contributed by atoms with Gasteiger partial charge in [0.25, 0.3) is 0 Å². The molecule has 0 amide bonds. The number of rotatable bonds is 3. The lowest BCUT2D eigenvalue weighted by Crippen LogP contribution is -2.39. The van der Waals surface area contributed by atoms with Crippen LogP contribution in [0.15, 0.2) is 30.6 Å². The average Bonchev–Trinajstić information content (AvgIpc) is 2.71. The molecule has 4 rings (SSSR count). The van der Waals surface area contributed by atoms with Crippen LogP contribution in [0.3, 0.4) is 0 Å². The quantitative estimate of drug-likeness (QED) is 0.818. The zero-order valence-electron chi connectivity index (χ0n) is 14.3. The van der Waals surface area contributed by atoms with Gasteiger partial charge in [-0.05, 0) is 17.7 Å². The maximum atomic E-state index is 13.5. The summed E-state index contributed by atoms with van der Waals surface area (Å²) in [7, 11) is 0. The largest absolute Gasteiger partial charge is 0.370 e. The Morgan fingerprint density at radius 1 is 0.962 bits per heavy atom. The van der Waals surface area contributed by atoms with E-state index in [1.54, 1.807) is 12.4 Å². The summed E-state index contributed by atoms with van der Waals surface area (Å²) in [5.41, 5.74) is 0.635. The molecule has 8 heteroatoms. The van der Waals surface area contributed by atoms with Crippen molar-refractivity contribution in [2.24, 2.45) is 0 Å². The molecule has 2 fully saturated rings. The van der Waals surface area contributed by atoms with Gasteiger partial charge in [-0.3, -0.25) is 0 Å². The zero-order chi connectivity index (χ0) is 17.9. The van der Waals surface area contributed by atoms with Crippen LogP contribution in [-0.2, 0) is 4.74 Å². The minimum Gasteiger partial charge on any atom is -0.370 e. The highest BCUT2D eigenvalue weighted by atomic mass is 32.2.